The first-order valence-corrected chi connectivity index (χ1v) is 13.5. The van der Waals surface area contributed by atoms with Crippen LogP contribution in [0.25, 0.3) is 0 Å². The second-order valence-electron chi connectivity index (χ2n) is 10.8. The van der Waals surface area contributed by atoms with Crippen LogP contribution in [0.5, 0.6) is 0 Å². The van der Waals surface area contributed by atoms with Crippen molar-refractivity contribution in [1.82, 2.24) is 4.90 Å². The molecule has 1 amide bonds. The number of rotatable bonds is 12. The van der Waals surface area contributed by atoms with Gasteiger partial charge in [-0.15, -0.1) is 0 Å². The Labute approximate surface area is 196 Å². The number of aliphatic hydroxyl groups is 2. The monoisotopic (exact) mass is 445 g/mol. The van der Waals surface area contributed by atoms with Crippen LogP contribution < -0.4 is 0 Å². The fraction of sp³-hybridized carbons (Fsp3) is 0.821. The molecule has 0 aromatic heterocycles. The molecule has 2 N–H and O–H groups in total. The second kappa shape index (κ2) is 12.9. The minimum absolute atomic E-state index is 0.162. The van der Waals surface area contributed by atoms with Gasteiger partial charge in [0.05, 0.1) is 12.2 Å². The Hall–Kier alpha value is -1.13. The molecule has 0 unspecified atom stereocenters. The van der Waals surface area contributed by atoms with Crippen LogP contribution >= 0.6 is 0 Å². The third-order valence-corrected chi connectivity index (χ3v) is 8.05. The van der Waals surface area contributed by atoms with Gasteiger partial charge in [-0.1, -0.05) is 56.9 Å². The number of unbranched alkanes of at least 4 members (excludes halogenated alkanes) is 2. The molecule has 0 spiro atoms. The molecule has 182 valence electrons. The highest BCUT2D eigenvalue weighted by Gasteiger charge is 2.43. The summed E-state index contributed by atoms with van der Waals surface area (Å²) in [7, 11) is 0. The van der Waals surface area contributed by atoms with Crippen LogP contribution in [0.3, 0.4) is 0 Å². The number of piperidine rings is 1. The van der Waals surface area contributed by atoms with Gasteiger partial charge in [0, 0.05) is 25.4 Å². The molecule has 0 bridgehead atoms. The molecule has 6 atom stereocenters. The van der Waals surface area contributed by atoms with Crippen molar-refractivity contribution in [3.05, 3.63) is 23.8 Å². The maximum absolute atomic E-state index is 12.3. The zero-order valence-corrected chi connectivity index (χ0v) is 20.6. The van der Waals surface area contributed by atoms with E-state index in [1.807, 2.05) is 6.08 Å². The molecule has 3 aliphatic rings. The van der Waals surface area contributed by atoms with E-state index in [0.29, 0.717) is 30.1 Å². The molecule has 32 heavy (non-hydrogen) atoms. The van der Waals surface area contributed by atoms with E-state index < -0.39 is 6.10 Å². The number of amides is 1. The minimum Gasteiger partial charge on any atom is -0.392 e. The molecule has 4 nitrogen and oxygen atoms in total. The first-order chi connectivity index (χ1) is 15.5. The summed E-state index contributed by atoms with van der Waals surface area (Å²) in [5.41, 5.74) is 1.52. The summed E-state index contributed by atoms with van der Waals surface area (Å²) in [5, 5.41) is 21.0. The second-order valence-corrected chi connectivity index (χ2v) is 10.8. The highest BCUT2D eigenvalue weighted by molar-refractivity contribution is 5.76. The Balaban J connectivity index is 1.38. The van der Waals surface area contributed by atoms with E-state index in [-0.39, 0.29) is 12.0 Å². The Kier molecular flexibility index (Phi) is 10.3. The number of hydrogen-bond acceptors (Lipinski definition) is 3. The summed E-state index contributed by atoms with van der Waals surface area (Å²) in [6.07, 6.45) is 19.6. The molecular weight excluding hydrogens is 398 g/mol. The molecule has 1 heterocycles. The Morgan fingerprint density at radius 3 is 2.75 bits per heavy atom. The predicted molar refractivity (Wildman–Crippen MR) is 131 cm³/mol. The number of likely N-dealkylation sites (tertiary alicyclic amines) is 1. The fourth-order valence-corrected chi connectivity index (χ4v) is 6.14. The normalized spacial score (nSPS) is 29.9. The number of nitrogens with zero attached hydrogens (tertiary/aromatic N) is 1. The van der Waals surface area contributed by atoms with Crippen LogP contribution in [0.2, 0.25) is 0 Å². The maximum atomic E-state index is 12.3. The van der Waals surface area contributed by atoms with Gasteiger partial charge >= 0.3 is 0 Å². The van der Waals surface area contributed by atoms with Crippen molar-refractivity contribution in [3.63, 3.8) is 0 Å². The number of carbonyl (C=O) groups excluding carboxylic acids is 1. The van der Waals surface area contributed by atoms with Crippen LogP contribution in [-0.4, -0.2) is 46.3 Å². The maximum Gasteiger partial charge on any atom is 0.222 e. The summed E-state index contributed by atoms with van der Waals surface area (Å²) in [4.78, 5) is 14.4. The smallest absolute Gasteiger partial charge is 0.222 e. The highest BCUT2D eigenvalue weighted by atomic mass is 16.3. The first kappa shape index (κ1) is 25.5. The number of allylic oxidation sites excluding steroid dienone is 2. The third-order valence-electron chi connectivity index (χ3n) is 8.05. The van der Waals surface area contributed by atoms with Gasteiger partial charge in [-0.3, -0.25) is 4.79 Å². The first-order valence-electron chi connectivity index (χ1n) is 13.5. The number of carbonyl (C=O) groups is 1. The van der Waals surface area contributed by atoms with E-state index in [1.165, 1.54) is 31.3 Å². The molecule has 1 saturated heterocycles. The van der Waals surface area contributed by atoms with Gasteiger partial charge < -0.3 is 15.1 Å². The molecule has 2 fully saturated rings. The van der Waals surface area contributed by atoms with Gasteiger partial charge in [-0.25, -0.2) is 0 Å². The average Bonchev–Trinajstić information content (AvgIpc) is 3.30. The van der Waals surface area contributed by atoms with Gasteiger partial charge in [0.2, 0.25) is 5.91 Å². The lowest BCUT2D eigenvalue weighted by molar-refractivity contribution is -0.132. The van der Waals surface area contributed by atoms with Crippen LogP contribution in [0, 0.1) is 23.7 Å². The lowest BCUT2D eigenvalue weighted by Gasteiger charge is -2.26. The molecule has 2 aliphatic carbocycles. The molecule has 1 aliphatic heterocycles. The summed E-state index contributed by atoms with van der Waals surface area (Å²) < 4.78 is 0. The molecule has 3 rings (SSSR count). The van der Waals surface area contributed by atoms with Crippen LogP contribution in [0.1, 0.15) is 97.3 Å². The predicted octanol–water partition coefficient (Wildman–Crippen LogP) is 5.64. The number of hydrogen-bond donors (Lipinski definition) is 2. The van der Waals surface area contributed by atoms with Crippen LogP contribution in [0.4, 0.5) is 0 Å². The zero-order chi connectivity index (χ0) is 22.9. The largest absolute Gasteiger partial charge is 0.392 e. The summed E-state index contributed by atoms with van der Waals surface area (Å²) in [5.74, 6) is 2.01. The molecule has 0 radical (unpaired) electrons. The van der Waals surface area contributed by atoms with E-state index in [0.717, 1.165) is 64.5 Å². The third kappa shape index (κ3) is 7.45. The van der Waals surface area contributed by atoms with Crippen molar-refractivity contribution in [2.45, 2.75) is 110 Å². The van der Waals surface area contributed by atoms with Crippen LogP contribution in [-0.2, 0) is 4.79 Å². The zero-order valence-electron chi connectivity index (χ0n) is 20.6. The Morgan fingerprint density at radius 2 is 2.00 bits per heavy atom. The lowest BCUT2D eigenvalue weighted by Crippen LogP contribution is -2.35. The van der Waals surface area contributed by atoms with Gasteiger partial charge in [0.15, 0.2) is 0 Å². The van der Waals surface area contributed by atoms with E-state index in [1.54, 1.807) is 0 Å². The fourth-order valence-electron chi connectivity index (χ4n) is 6.14. The van der Waals surface area contributed by atoms with Crippen molar-refractivity contribution < 1.29 is 15.0 Å². The van der Waals surface area contributed by atoms with E-state index in [9.17, 15) is 15.0 Å². The van der Waals surface area contributed by atoms with E-state index in [4.69, 9.17) is 0 Å². The van der Waals surface area contributed by atoms with Gasteiger partial charge in [0.1, 0.15) is 0 Å². The number of fused-ring (bicyclic) bond motifs is 1. The van der Waals surface area contributed by atoms with Crippen molar-refractivity contribution >= 4 is 5.91 Å². The topological polar surface area (TPSA) is 60.8 Å². The van der Waals surface area contributed by atoms with Crippen molar-refractivity contribution in [3.8, 4) is 0 Å². The minimum atomic E-state index is -0.403. The van der Waals surface area contributed by atoms with E-state index in [2.05, 4.69) is 30.9 Å². The Morgan fingerprint density at radius 1 is 1.22 bits per heavy atom. The van der Waals surface area contributed by atoms with Crippen LogP contribution in [0.15, 0.2) is 23.8 Å². The summed E-state index contributed by atoms with van der Waals surface area (Å²) in [6.45, 7) is 6.34. The molecule has 4 heteroatoms. The Bertz CT molecular complexity index is 637. The molecule has 0 aromatic carbocycles. The molecule has 1 saturated carbocycles. The standard InChI is InChI=1S/C28H47NO3/c1-3-4-10-21(2)17-24(30)13-14-25-26-19-22(18-23(26)20-27(25)31)11-6-7-12-28(32)29-15-8-5-9-16-29/h13-14,18,21,23-27,30-31H,3-12,15-17,19-20H2,1-2H3/t21-,23-,24+,25+,26-,27+/m0/s1. The summed E-state index contributed by atoms with van der Waals surface area (Å²) in [6, 6.07) is 0. The van der Waals surface area contributed by atoms with Crippen molar-refractivity contribution in [1.29, 1.82) is 0 Å². The molecule has 0 aromatic rings. The lowest BCUT2D eigenvalue weighted by atomic mass is 9.88. The quantitative estimate of drug-likeness (QED) is 0.302. The van der Waals surface area contributed by atoms with Crippen molar-refractivity contribution in [2.75, 3.05) is 13.1 Å². The van der Waals surface area contributed by atoms with Gasteiger partial charge in [0.25, 0.3) is 0 Å². The van der Waals surface area contributed by atoms with Gasteiger partial charge in [-0.05, 0) is 75.5 Å². The highest BCUT2D eigenvalue weighted by Crippen LogP contribution is 2.48. The van der Waals surface area contributed by atoms with Crippen molar-refractivity contribution in [2.24, 2.45) is 23.7 Å². The average molecular weight is 446 g/mol. The summed E-state index contributed by atoms with van der Waals surface area (Å²) >= 11 is 0. The van der Waals surface area contributed by atoms with E-state index >= 15 is 0 Å². The molecular formula is C28H47NO3. The van der Waals surface area contributed by atoms with Gasteiger partial charge in [-0.2, -0.15) is 0 Å². The SMILES string of the molecule is CCCC[C@H](C)C[C@H](O)C=C[C@@H]1[C@H]2CC(CCCCC(=O)N3CCCCC3)=C[C@H]2C[C@H]1O. The number of aliphatic hydroxyl groups excluding tert-OH is 2.